The van der Waals surface area contributed by atoms with Crippen molar-refractivity contribution in [3.63, 3.8) is 0 Å². The van der Waals surface area contributed by atoms with E-state index in [-0.39, 0.29) is 11.1 Å². The zero-order valence-corrected chi connectivity index (χ0v) is 13.2. The number of ketones is 1. The van der Waals surface area contributed by atoms with Crippen molar-refractivity contribution in [1.29, 1.82) is 0 Å². The highest BCUT2D eigenvalue weighted by molar-refractivity contribution is 6.41. The first-order chi connectivity index (χ1) is 11.7. The summed E-state index contributed by atoms with van der Waals surface area (Å²) in [5.74, 6) is -3.82. The number of esters is 2. The lowest BCUT2D eigenvalue weighted by molar-refractivity contribution is -0.172. The Bertz CT molecular complexity index is 669. The molecule has 1 heterocycles. The van der Waals surface area contributed by atoms with Crippen LogP contribution in [0.4, 0.5) is 0 Å². The van der Waals surface area contributed by atoms with E-state index in [1.807, 2.05) is 0 Å². The summed E-state index contributed by atoms with van der Waals surface area (Å²) in [4.78, 5) is 36.1. The fourth-order valence-corrected chi connectivity index (χ4v) is 2.36. The molecule has 0 aliphatic carbocycles. The first kappa shape index (κ1) is 19.0. The van der Waals surface area contributed by atoms with Gasteiger partial charge in [0, 0.05) is 5.56 Å². The minimum atomic E-state index is -1.97. The topological polar surface area (TPSA) is 151 Å². The minimum absolute atomic E-state index is 0.125. The maximum atomic E-state index is 12.3. The van der Waals surface area contributed by atoms with E-state index in [2.05, 4.69) is 4.74 Å². The van der Waals surface area contributed by atoms with E-state index >= 15 is 0 Å². The second-order valence-electron chi connectivity index (χ2n) is 5.60. The van der Waals surface area contributed by atoms with Crippen LogP contribution >= 0.6 is 0 Å². The predicted molar refractivity (Wildman–Crippen MR) is 80.3 cm³/mol. The molecule has 5 atom stereocenters. The quantitative estimate of drug-likeness (QED) is 0.287. The van der Waals surface area contributed by atoms with E-state index < -0.39 is 54.8 Å². The normalized spacial score (nSPS) is 27.8. The molecule has 1 aliphatic heterocycles. The Morgan fingerprint density at radius 1 is 1.20 bits per heavy atom. The first-order valence-electron chi connectivity index (χ1n) is 7.47. The molecule has 1 aromatic rings. The molecular formula is C16H18O9. The van der Waals surface area contributed by atoms with Gasteiger partial charge in [-0.2, -0.15) is 0 Å². The van der Waals surface area contributed by atoms with Crippen LogP contribution in [0, 0.1) is 0 Å². The van der Waals surface area contributed by atoms with Gasteiger partial charge in [-0.15, -0.1) is 0 Å². The highest BCUT2D eigenvalue weighted by Gasteiger charge is 2.44. The van der Waals surface area contributed by atoms with Gasteiger partial charge >= 0.3 is 11.9 Å². The summed E-state index contributed by atoms with van der Waals surface area (Å²) in [7, 11) is 0. The smallest absolute Gasteiger partial charge is 0.380 e. The zero-order valence-electron chi connectivity index (χ0n) is 13.2. The predicted octanol–water partition coefficient (Wildman–Crippen LogP) is -1.53. The van der Waals surface area contributed by atoms with Crippen molar-refractivity contribution in [3.05, 3.63) is 35.4 Å². The molecule has 1 aromatic carbocycles. The molecule has 0 saturated carbocycles. The largest absolute Gasteiger partial charge is 0.460 e. The number of carbonyl (C=O) groups is 3. The molecule has 9 nitrogen and oxygen atoms in total. The van der Waals surface area contributed by atoms with Gasteiger partial charge in [0.2, 0.25) is 6.10 Å². The third-order valence-electron chi connectivity index (χ3n) is 3.76. The monoisotopic (exact) mass is 354 g/mol. The third kappa shape index (κ3) is 4.02. The molecule has 9 heteroatoms. The number of hydrogen-bond donors (Lipinski definition) is 4. The molecule has 1 saturated heterocycles. The average molecular weight is 354 g/mol. The highest BCUT2D eigenvalue weighted by Crippen LogP contribution is 2.20. The van der Waals surface area contributed by atoms with Crippen LogP contribution in [0.3, 0.4) is 0 Å². The molecule has 4 N–H and O–H groups in total. The van der Waals surface area contributed by atoms with E-state index in [1.165, 1.54) is 25.1 Å². The van der Waals surface area contributed by atoms with Gasteiger partial charge in [-0.05, 0) is 12.5 Å². The van der Waals surface area contributed by atoms with Crippen LogP contribution < -0.4 is 0 Å². The molecule has 2 rings (SSSR count). The number of ether oxygens (including phenoxy) is 2. The SMILES string of the molecule is CC(O)c1ccccc1C(=O)C(=O)O[C@H]1C(=O)OC[C@@H](O)[C@@H](O)[C@@H]1O. The van der Waals surface area contributed by atoms with Crippen molar-refractivity contribution in [3.8, 4) is 0 Å². The molecule has 25 heavy (non-hydrogen) atoms. The summed E-state index contributed by atoms with van der Waals surface area (Å²) in [6.45, 7) is 0.811. The molecule has 0 amide bonds. The Morgan fingerprint density at radius 2 is 1.84 bits per heavy atom. The van der Waals surface area contributed by atoms with Crippen molar-refractivity contribution >= 4 is 17.7 Å². The van der Waals surface area contributed by atoms with Crippen LogP contribution in [0.1, 0.15) is 28.9 Å². The first-order valence-corrected chi connectivity index (χ1v) is 7.47. The van der Waals surface area contributed by atoms with E-state index in [0.29, 0.717) is 0 Å². The van der Waals surface area contributed by atoms with Gasteiger partial charge in [-0.25, -0.2) is 9.59 Å². The van der Waals surface area contributed by atoms with Crippen molar-refractivity contribution in [2.24, 2.45) is 0 Å². The Labute approximate surface area is 142 Å². The molecular weight excluding hydrogens is 336 g/mol. The summed E-state index contributed by atoms with van der Waals surface area (Å²) in [6.07, 6.45) is -8.33. The Kier molecular flexibility index (Phi) is 5.85. The van der Waals surface area contributed by atoms with E-state index in [9.17, 15) is 34.8 Å². The van der Waals surface area contributed by atoms with Crippen molar-refractivity contribution in [2.75, 3.05) is 6.61 Å². The summed E-state index contributed by atoms with van der Waals surface area (Å²) < 4.78 is 9.28. The number of aliphatic hydroxyl groups excluding tert-OH is 4. The lowest BCUT2D eigenvalue weighted by Crippen LogP contribution is -2.47. The highest BCUT2D eigenvalue weighted by atomic mass is 16.6. The maximum Gasteiger partial charge on any atom is 0.380 e. The number of carbonyl (C=O) groups excluding carboxylic acids is 3. The van der Waals surface area contributed by atoms with Crippen molar-refractivity contribution in [1.82, 2.24) is 0 Å². The van der Waals surface area contributed by atoms with Crippen LogP contribution in [0.25, 0.3) is 0 Å². The maximum absolute atomic E-state index is 12.3. The number of benzene rings is 1. The van der Waals surface area contributed by atoms with Crippen LogP contribution in [0.15, 0.2) is 24.3 Å². The Balaban J connectivity index is 2.21. The average Bonchev–Trinajstić information content (AvgIpc) is 2.68. The number of cyclic esters (lactones) is 1. The van der Waals surface area contributed by atoms with Gasteiger partial charge in [0.1, 0.15) is 24.9 Å². The van der Waals surface area contributed by atoms with Crippen LogP contribution in [0.5, 0.6) is 0 Å². The molecule has 0 spiro atoms. The second-order valence-corrected chi connectivity index (χ2v) is 5.60. The fraction of sp³-hybridized carbons (Fsp3) is 0.438. The molecule has 0 radical (unpaired) electrons. The van der Waals surface area contributed by atoms with Crippen molar-refractivity contribution in [2.45, 2.75) is 37.4 Å². The van der Waals surface area contributed by atoms with Gasteiger partial charge in [0.15, 0.2) is 0 Å². The fourth-order valence-electron chi connectivity index (χ4n) is 2.36. The third-order valence-corrected chi connectivity index (χ3v) is 3.76. The van der Waals surface area contributed by atoms with Crippen molar-refractivity contribution < 1.29 is 44.3 Å². The number of Topliss-reactive ketones (excluding diaryl/α,β-unsaturated/α-hetero) is 1. The molecule has 0 aromatic heterocycles. The van der Waals surface area contributed by atoms with Gasteiger partial charge in [-0.1, -0.05) is 24.3 Å². The minimum Gasteiger partial charge on any atom is -0.460 e. The van der Waals surface area contributed by atoms with Crippen LogP contribution in [-0.2, 0) is 19.1 Å². The van der Waals surface area contributed by atoms with Gasteiger partial charge in [0.25, 0.3) is 5.78 Å². The lowest BCUT2D eigenvalue weighted by Gasteiger charge is -2.22. The van der Waals surface area contributed by atoms with Crippen LogP contribution in [0.2, 0.25) is 0 Å². The molecule has 1 fully saturated rings. The number of hydrogen-bond acceptors (Lipinski definition) is 9. The van der Waals surface area contributed by atoms with E-state index in [1.54, 1.807) is 6.07 Å². The summed E-state index contributed by atoms with van der Waals surface area (Å²) in [5.41, 5.74) is 0.0588. The van der Waals surface area contributed by atoms with Gasteiger partial charge < -0.3 is 29.9 Å². The van der Waals surface area contributed by atoms with E-state index in [4.69, 9.17) is 4.74 Å². The Hall–Kier alpha value is -2.33. The standard InChI is InChI=1S/C16H18O9/c1-7(17)8-4-2-3-5-9(8)11(19)15(22)25-14-13(21)12(20)10(18)6-24-16(14)23/h2-5,7,10,12-14,17-18,20-21H,6H2,1H3/t7?,10-,12-,13+,14-/m1/s1. The number of rotatable bonds is 4. The Morgan fingerprint density at radius 3 is 2.48 bits per heavy atom. The van der Waals surface area contributed by atoms with Crippen LogP contribution in [-0.4, -0.2) is 69.2 Å². The summed E-state index contributed by atoms with van der Waals surface area (Å²) in [6, 6.07) is 5.78. The summed E-state index contributed by atoms with van der Waals surface area (Å²) >= 11 is 0. The molecule has 1 aliphatic rings. The zero-order chi connectivity index (χ0) is 18.7. The van der Waals surface area contributed by atoms with E-state index in [0.717, 1.165) is 0 Å². The molecule has 1 unspecified atom stereocenters. The van der Waals surface area contributed by atoms with Gasteiger partial charge in [-0.3, -0.25) is 4.79 Å². The second kappa shape index (κ2) is 7.70. The lowest BCUT2D eigenvalue weighted by atomic mass is 10.00. The number of aliphatic hydroxyl groups is 4. The van der Waals surface area contributed by atoms with Gasteiger partial charge in [0.05, 0.1) is 6.10 Å². The molecule has 136 valence electrons. The summed E-state index contributed by atoms with van der Waals surface area (Å²) in [5, 5.41) is 38.6. The molecule has 0 bridgehead atoms.